The Kier molecular flexibility index (Phi) is 7.65. The van der Waals surface area contributed by atoms with Crippen LogP contribution in [-0.4, -0.2) is 35.7 Å². The summed E-state index contributed by atoms with van der Waals surface area (Å²) < 4.78 is 5.38. The molecule has 3 aromatic carbocycles. The first-order valence-electron chi connectivity index (χ1n) is 10.9. The Morgan fingerprint density at radius 3 is 2.50 bits per heavy atom. The van der Waals surface area contributed by atoms with Crippen molar-refractivity contribution in [2.24, 2.45) is 0 Å². The number of rotatable bonds is 6. The minimum Gasteiger partial charge on any atom is -0.495 e. The third-order valence-electron chi connectivity index (χ3n) is 5.66. The molecule has 0 saturated carbocycles. The lowest BCUT2D eigenvalue weighted by Gasteiger charge is -2.29. The number of carbonyl (C=O) groups is 2. The van der Waals surface area contributed by atoms with Gasteiger partial charge in [0, 0.05) is 17.3 Å². The van der Waals surface area contributed by atoms with E-state index >= 15 is 0 Å². The number of para-hydroxylation sites is 2. The number of methoxy groups -OCH3 is 1. The van der Waals surface area contributed by atoms with E-state index in [1.165, 1.54) is 0 Å². The molecule has 3 amide bonds. The molecule has 0 radical (unpaired) electrons. The zero-order chi connectivity index (χ0) is 24.1. The fourth-order valence-corrected chi connectivity index (χ4v) is 5.45. The van der Waals surface area contributed by atoms with E-state index in [1.807, 2.05) is 61.5 Å². The fourth-order valence-electron chi connectivity index (χ4n) is 3.81. The topological polar surface area (TPSA) is 70.7 Å². The molecule has 1 fully saturated rings. The predicted molar refractivity (Wildman–Crippen MR) is 137 cm³/mol. The highest BCUT2D eigenvalue weighted by Crippen LogP contribution is 2.42. The van der Waals surface area contributed by atoms with Gasteiger partial charge < -0.3 is 15.4 Å². The number of nitrogens with one attached hydrogen (secondary N) is 2. The van der Waals surface area contributed by atoms with E-state index in [0.717, 1.165) is 16.7 Å². The van der Waals surface area contributed by atoms with Crippen LogP contribution in [0.2, 0.25) is 5.02 Å². The Hall–Kier alpha value is -3.16. The summed E-state index contributed by atoms with van der Waals surface area (Å²) >= 11 is 7.81. The molecular formula is C26H26ClN3O3S. The second-order valence-electron chi connectivity index (χ2n) is 7.96. The number of urea groups is 1. The molecule has 0 aromatic heterocycles. The van der Waals surface area contributed by atoms with Gasteiger partial charge in [0.05, 0.1) is 12.8 Å². The van der Waals surface area contributed by atoms with Crippen molar-refractivity contribution in [1.29, 1.82) is 0 Å². The van der Waals surface area contributed by atoms with Gasteiger partial charge in [0.25, 0.3) is 0 Å². The smallest absolute Gasteiger partial charge is 0.323 e. The molecule has 1 saturated heterocycles. The molecule has 6 nitrogen and oxygen atoms in total. The number of ether oxygens (including phenoxy) is 1. The van der Waals surface area contributed by atoms with E-state index in [-0.39, 0.29) is 23.9 Å². The van der Waals surface area contributed by atoms with Crippen LogP contribution in [-0.2, 0) is 11.3 Å². The predicted octanol–water partition coefficient (Wildman–Crippen LogP) is 5.62. The third-order valence-corrected chi connectivity index (χ3v) is 7.35. The average Bonchev–Trinajstić information content (AvgIpc) is 3.29. The van der Waals surface area contributed by atoms with Crippen molar-refractivity contribution in [3.63, 3.8) is 0 Å². The van der Waals surface area contributed by atoms with Crippen molar-refractivity contribution >= 4 is 41.0 Å². The molecule has 2 atom stereocenters. The Morgan fingerprint density at radius 1 is 1.06 bits per heavy atom. The van der Waals surface area contributed by atoms with E-state index < -0.39 is 6.04 Å². The zero-order valence-electron chi connectivity index (χ0n) is 19.0. The number of hydrogen-bond acceptors (Lipinski definition) is 4. The first-order valence-corrected chi connectivity index (χ1v) is 12.3. The summed E-state index contributed by atoms with van der Waals surface area (Å²) in [6.07, 6.45) is 0. The van der Waals surface area contributed by atoms with Crippen LogP contribution in [0.15, 0.2) is 72.8 Å². The molecule has 0 aliphatic carbocycles. The Labute approximate surface area is 208 Å². The summed E-state index contributed by atoms with van der Waals surface area (Å²) in [5.41, 5.74) is 3.46. The average molecular weight is 496 g/mol. The number of thioether (sulfide) groups is 1. The number of halogens is 1. The molecule has 1 aliphatic rings. The minimum absolute atomic E-state index is 0.225. The van der Waals surface area contributed by atoms with Gasteiger partial charge in [-0.15, -0.1) is 11.8 Å². The van der Waals surface area contributed by atoms with Gasteiger partial charge in [0.15, 0.2) is 0 Å². The lowest BCUT2D eigenvalue weighted by atomic mass is 10.1. The molecule has 0 spiro atoms. The van der Waals surface area contributed by atoms with Crippen molar-refractivity contribution in [3.05, 3.63) is 94.5 Å². The molecule has 34 heavy (non-hydrogen) atoms. The Morgan fingerprint density at radius 2 is 1.76 bits per heavy atom. The van der Waals surface area contributed by atoms with Gasteiger partial charge in [-0.25, -0.2) is 4.79 Å². The second kappa shape index (κ2) is 10.8. The van der Waals surface area contributed by atoms with Crippen molar-refractivity contribution in [2.75, 3.05) is 18.2 Å². The van der Waals surface area contributed by atoms with Crippen molar-refractivity contribution in [1.82, 2.24) is 10.2 Å². The van der Waals surface area contributed by atoms with E-state index in [2.05, 4.69) is 10.6 Å². The lowest BCUT2D eigenvalue weighted by Crippen LogP contribution is -2.49. The van der Waals surface area contributed by atoms with Crippen LogP contribution in [0, 0.1) is 6.92 Å². The van der Waals surface area contributed by atoms with Crippen LogP contribution in [0.1, 0.15) is 22.1 Å². The van der Waals surface area contributed by atoms with E-state index in [0.29, 0.717) is 22.2 Å². The molecule has 1 heterocycles. The summed E-state index contributed by atoms with van der Waals surface area (Å²) in [5.74, 6) is 0.804. The highest BCUT2D eigenvalue weighted by molar-refractivity contribution is 7.99. The van der Waals surface area contributed by atoms with Crippen LogP contribution in [0.4, 0.5) is 10.5 Å². The maximum absolute atomic E-state index is 13.5. The molecular weight excluding hydrogens is 470 g/mol. The summed E-state index contributed by atoms with van der Waals surface area (Å²) in [6.45, 7) is 2.31. The summed E-state index contributed by atoms with van der Waals surface area (Å²) in [5, 5.41) is 6.17. The number of benzene rings is 3. The van der Waals surface area contributed by atoms with Gasteiger partial charge in [0.2, 0.25) is 5.91 Å². The normalized spacial score (nSPS) is 17.3. The van der Waals surface area contributed by atoms with Gasteiger partial charge in [-0.05, 0) is 36.2 Å². The van der Waals surface area contributed by atoms with Crippen LogP contribution >= 0.6 is 23.4 Å². The molecule has 3 aromatic rings. The van der Waals surface area contributed by atoms with Crippen LogP contribution in [0.5, 0.6) is 5.75 Å². The summed E-state index contributed by atoms with van der Waals surface area (Å²) in [7, 11) is 1.55. The number of nitrogens with zero attached hydrogens (tertiary/aromatic N) is 1. The van der Waals surface area contributed by atoms with Gasteiger partial charge in [-0.2, -0.15) is 0 Å². The summed E-state index contributed by atoms with van der Waals surface area (Å²) in [4.78, 5) is 28.4. The molecule has 8 heteroatoms. The number of carbonyl (C=O) groups excluding carboxylic acids is 2. The number of hydrogen-bond donors (Lipinski definition) is 2. The molecule has 4 rings (SSSR count). The molecule has 1 aliphatic heterocycles. The van der Waals surface area contributed by atoms with Crippen LogP contribution in [0.3, 0.4) is 0 Å². The van der Waals surface area contributed by atoms with E-state index in [1.54, 1.807) is 42.0 Å². The number of amides is 3. The molecule has 2 N–H and O–H groups in total. The van der Waals surface area contributed by atoms with Crippen LogP contribution < -0.4 is 15.4 Å². The first kappa shape index (κ1) is 24.0. The number of aryl methyl sites for hydroxylation is 1. The SMILES string of the molecule is COc1ccccc1NC(=O)N1[C@H](C(=O)NCc2ccccc2Cl)CS[C@H]1c1ccc(C)cc1. The maximum Gasteiger partial charge on any atom is 0.323 e. The van der Waals surface area contributed by atoms with E-state index in [4.69, 9.17) is 16.3 Å². The quantitative estimate of drug-likeness (QED) is 0.465. The van der Waals surface area contributed by atoms with Crippen molar-refractivity contribution in [2.45, 2.75) is 24.9 Å². The number of anilines is 1. The van der Waals surface area contributed by atoms with Gasteiger partial charge in [0.1, 0.15) is 17.2 Å². The fraction of sp³-hybridized carbons (Fsp3) is 0.231. The zero-order valence-corrected chi connectivity index (χ0v) is 20.5. The molecule has 0 unspecified atom stereocenters. The minimum atomic E-state index is -0.645. The highest BCUT2D eigenvalue weighted by atomic mass is 35.5. The summed E-state index contributed by atoms with van der Waals surface area (Å²) in [6, 6.07) is 21.6. The standard InChI is InChI=1S/C26H26ClN3O3S/c1-17-11-13-18(14-12-17)25-30(26(32)29-21-9-5-6-10-23(21)33-2)22(16-34-25)24(31)28-15-19-7-3-4-8-20(19)27/h3-14,22,25H,15-16H2,1-2H3,(H,28,31)(H,29,32)/t22-,25-/m0/s1. The van der Waals surface area contributed by atoms with E-state index in [9.17, 15) is 9.59 Å². The first-order chi connectivity index (χ1) is 16.5. The van der Waals surface area contributed by atoms with Crippen molar-refractivity contribution in [3.8, 4) is 5.75 Å². The second-order valence-corrected chi connectivity index (χ2v) is 9.48. The lowest BCUT2D eigenvalue weighted by molar-refractivity contribution is -0.124. The Balaban J connectivity index is 1.58. The van der Waals surface area contributed by atoms with Gasteiger partial charge in [-0.1, -0.05) is 71.8 Å². The van der Waals surface area contributed by atoms with Gasteiger partial charge >= 0.3 is 6.03 Å². The Bertz CT molecular complexity index is 1170. The largest absolute Gasteiger partial charge is 0.495 e. The highest BCUT2D eigenvalue weighted by Gasteiger charge is 2.42. The van der Waals surface area contributed by atoms with Gasteiger partial charge in [-0.3, -0.25) is 9.69 Å². The van der Waals surface area contributed by atoms with Crippen LogP contribution in [0.25, 0.3) is 0 Å². The molecule has 0 bridgehead atoms. The van der Waals surface area contributed by atoms with Crippen molar-refractivity contribution < 1.29 is 14.3 Å². The molecule has 176 valence electrons. The maximum atomic E-state index is 13.5. The monoisotopic (exact) mass is 495 g/mol. The third kappa shape index (κ3) is 5.32.